The molecule has 0 bridgehead atoms. The van der Waals surface area contributed by atoms with Crippen LogP contribution in [-0.4, -0.2) is 22.9 Å². The fourth-order valence-corrected chi connectivity index (χ4v) is 2.72. The number of anilines is 2. The zero-order chi connectivity index (χ0) is 18.5. The molecule has 0 aliphatic heterocycles. The predicted octanol–water partition coefficient (Wildman–Crippen LogP) is 4.04. The molecule has 5 heteroatoms. The van der Waals surface area contributed by atoms with E-state index in [0.29, 0.717) is 17.3 Å². The Morgan fingerprint density at radius 2 is 1.62 bits per heavy atom. The number of hydrogen-bond acceptors (Lipinski definition) is 4. The first kappa shape index (κ1) is 17.6. The zero-order valence-corrected chi connectivity index (χ0v) is 15.2. The number of aryl methyl sites for hydroxylation is 1. The Kier molecular flexibility index (Phi) is 5.27. The van der Waals surface area contributed by atoms with Crippen LogP contribution in [0.15, 0.2) is 66.7 Å². The summed E-state index contributed by atoms with van der Waals surface area (Å²) in [6.07, 6.45) is 0. The Labute approximate surface area is 153 Å². The predicted molar refractivity (Wildman–Crippen MR) is 104 cm³/mol. The summed E-state index contributed by atoms with van der Waals surface area (Å²) in [7, 11) is 1.92. The van der Waals surface area contributed by atoms with Gasteiger partial charge in [0, 0.05) is 18.8 Å². The quantitative estimate of drug-likeness (QED) is 0.757. The Morgan fingerprint density at radius 3 is 2.27 bits per heavy atom. The molecule has 1 N–H and O–H groups in total. The second kappa shape index (κ2) is 7.78. The second-order valence-electron chi connectivity index (χ2n) is 6.16. The minimum Gasteiger partial charge on any atom is -0.344 e. The van der Waals surface area contributed by atoms with Gasteiger partial charge in [0.1, 0.15) is 17.3 Å². The maximum atomic E-state index is 12.7. The van der Waals surface area contributed by atoms with Crippen molar-refractivity contribution in [3.8, 4) is 0 Å². The van der Waals surface area contributed by atoms with Gasteiger partial charge in [0.25, 0.3) is 5.91 Å². The summed E-state index contributed by atoms with van der Waals surface area (Å²) in [4.78, 5) is 23.4. The van der Waals surface area contributed by atoms with Crippen molar-refractivity contribution in [2.24, 2.45) is 0 Å². The molecule has 1 unspecified atom stereocenters. The Bertz CT molecular complexity index is 881. The van der Waals surface area contributed by atoms with Gasteiger partial charge in [-0.1, -0.05) is 48.5 Å². The molecule has 0 saturated carbocycles. The van der Waals surface area contributed by atoms with E-state index in [2.05, 4.69) is 15.3 Å². The molecule has 5 nitrogen and oxygen atoms in total. The van der Waals surface area contributed by atoms with E-state index >= 15 is 0 Å². The van der Waals surface area contributed by atoms with Gasteiger partial charge in [-0.15, -0.1) is 0 Å². The van der Waals surface area contributed by atoms with Crippen molar-refractivity contribution >= 4 is 17.4 Å². The number of hydrogen-bond donors (Lipinski definition) is 1. The lowest BCUT2D eigenvalue weighted by Crippen LogP contribution is -2.28. The summed E-state index contributed by atoms with van der Waals surface area (Å²) in [6.45, 7) is 3.75. The molecule has 1 atom stereocenters. The first-order valence-corrected chi connectivity index (χ1v) is 8.55. The van der Waals surface area contributed by atoms with Crippen molar-refractivity contribution in [3.05, 3.63) is 83.8 Å². The molecule has 0 aliphatic carbocycles. The van der Waals surface area contributed by atoms with E-state index < -0.39 is 0 Å². The van der Waals surface area contributed by atoms with Gasteiger partial charge < -0.3 is 10.2 Å². The summed E-state index contributed by atoms with van der Waals surface area (Å²) >= 11 is 0. The van der Waals surface area contributed by atoms with Crippen molar-refractivity contribution in [2.45, 2.75) is 19.9 Å². The number of aromatic nitrogens is 2. The molecule has 1 heterocycles. The highest BCUT2D eigenvalue weighted by Gasteiger charge is 2.16. The monoisotopic (exact) mass is 346 g/mol. The van der Waals surface area contributed by atoms with Crippen LogP contribution in [0.5, 0.6) is 0 Å². The summed E-state index contributed by atoms with van der Waals surface area (Å²) < 4.78 is 0. The van der Waals surface area contributed by atoms with Crippen molar-refractivity contribution in [3.63, 3.8) is 0 Å². The van der Waals surface area contributed by atoms with E-state index in [9.17, 15) is 4.79 Å². The van der Waals surface area contributed by atoms with E-state index in [1.165, 1.54) is 0 Å². The Morgan fingerprint density at radius 1 is 1.00 bits per heavy atom. The van der Waals surface area contributed by atoms with Crippen molar-refractivity contribution in [1.29, 1.82) is 0 Å². The molecule has 3 aromatic rings. The molecule has 132 valence electrons. The SMILES string of the molecule is Cc1nc(C(=O)NC(C)c2ccccc2)cc(N(C)c2ccccc2)n1. The summed E-state index contributed by atoms with van der Waals surface area (Å²) in [5.74, 6) is 1.03. The van der Waals surface area contributed by atoms with Crippen LogP contribution in [0.2, 0.25) is 0 Å². The fourth-order valence-electron chi connectivity index (χ4n) is 2.72. The number of benzene rings is 2. The third-order valence-corrected chi connectivity index (χ3v) is 4.19. The van der Waals surface area contributed by atoms with Gasteiger partial charge in [0.15, 0.2) is 0 Å². The van der Waals surface area contributed by atoms with Gasteiger partial charge in [0.2, 0.25) is 0 Å². The highest BCUT2D eigenvalue weighted by molar-refractivity contribution is 5.93. The lowest BCUT2D eigenvalue weighted by atomic mass is 10.1. The average molecular weight is 346 g/mol. The lowest BCUT2D eigenvalue weighted by Gasteiger charge is -2.19. The maximum Gasteiger partial charge on any atom is 0.270 e. The van der Waals surface area contributed by atoms with Crippen LogP contribution in [0, 0.1) is 6.92 Å². The molecule has 3 rings (SSSR count). The Hall–Kier alpha value is -3.21. The number of carbonyl (C=O) groups excluding carboxylic acids is 1. The topological polar surface area (TPSA) is 58.1 Å². The number of nitrogens with one attached hydrogen (secondary N) is 1. The van der Waals surface area contributed by atoms with E-state index in [0.717, 1.165) is 11.3 Å². The summed E-state index contributed by atoms with van der Waals surface area (Å²) in [5, 5.41) is 3.00. The Balaban J connectivity index is 1.82. The summed E-state index contributed by atoms with van der Waals surface area (Å²) in [6, 6.07) is 21.4. The molecule has 0 radical (unpaired) electrons. The van der Waals surface area contributed by atoms with Crippen LogP contribution < -0.4 is 10.2 Å². The van der Waals surface area contributed by atoms with Crippen LogP contribution in [0.1, 0.15) is 34.8 Å². The molecule has 0 spiro atoms. The largest absolute Gasteiger partial charge is 0.344 e. The minimum absolute atomic E-state index is 0.103. The first-order chi connectivity index (χ1) is 12.5. The van der Waals surface area contributed by atoms with Crippen molar-refractivity contribution in [1.82, 2.24) is 15.3 Å². The lowest BCUT2D eigenvalue weighted by molar-refractivity contribution is 0.0934. The third kappa shape index (κ3) is 4.06. The highest BCUT2D eigenvalue weighted by Crippen LogP contribution is 2.22. The summed E-state index contributed by atoms with van der Waals surface area (Å²) in [5.41, 5.74) is 2.40. The average Bonchev–Trinajstić information content (AvgIpc) is 2.68. The van der Waals surface area contributed by atoms with E-state index in [-0.39, 0.29) is 11.9 Å². The molecule has 0 fully saturated rings. The molecule has 0 saturated heterocycles. The fraction of sp³-hybridized carbons (Fsp3) is 0.190. The van der Waals surface area contributed by atoms with Crippen LogP contribution in [0.4, 0.5) is 11.5 Å². The molecule has 1 amide bonds. The molecular weight excluding hydrogens is 324 g/mol. The van der Waals surface area contributed by atoms with Gasteiger partial charge in [-0.25, -0.2) is 9.97 Å². The van der Waals surface area contributed by atoms with E-state index in [1.807, 2.05) is 79.5 Å². The van der Waals surface area contributed by atoms with Gasteiger partial charge in [-0.3, -0.25) is 4.79 Å². The maximum absolute atomic E-state index is 12.7. The second-order valence-corrected chi connectivity index (χ2v) is 6.16. The molecular formula is C21H22N4O. The van der Waals surface area contributed by atoms with Gasteiger partial charge in [-0.2, -0.15) is 0 Å². The molecule has 26 heavy (non-hydrogen) atoms. The van der Waals surface area contributed by atoms with Crippen molar-refractivity contribution < 1.29 is 4.79 Å². The number of carbonyl (C=O) groups is 1. The molecule has 1 aromatic heterocycles. The molecule has 0 aliphatic rings. The molecule has 2 aromatic carbocycles. The van der Waals surface area contributed by atoms with Crippen LogP contribution in [-0.2, 0) is 0 Å². The minimum atomic E-state index is -0.213. The van der Waals surface area contributed by atoms with Crippen LogP contribution in [0.25, 0.3) is 0 Å². The normalized spacial score (nSPS) is 11.7. The standard InChI is InChI=1S/C21H22N4O/c1-15(17-10-6-4-7-11-17)22-21(26)19-14-20(24-16(2)23-19)25(3)18-12-8-5-9-13-18/h4-15H,1-3H3,(H,22,26). The number of rotatable bonds is 5. The first-order valence-electron chi connectivity index (χ1n) is 8.55. The van der Waals surface area contributed by atoms with Gasteiger partial charge in [-0.05, 0) is 31.5 Å². The van der Waals surface area contributed by atoms with Crippen molar-refractivity contribution in [2.75, 3.05) is 11.9 Å². The number of para-hydroxylation sites is 1. The number of amides is 1. The van der Waals surface area contributed by atoms with E-state index in [1.54, 1.807) is 13.0 Å². The van der Waals surface area contributed by atoms with E-state index in [4.69, 9.17) is 0 Å². The highest BCUT2D eigenvalue weighted by atomic mass is 16.1. The van der Waals surface area contributed by atoms with Crippen LogP contribution in [0.3, 0.4) is 0 Å². The van der Waals surface area contributed by atoms with Gasteiger partial charge in [0.05, 0.1) is 6.04 Å². The third-order valence-electron chi connectivity index (χ3n) is 4.19. The number of nitrogens with zero attached hydrogens (tertiary/aromatic N) is 3. The van der Waals surface area contributed by atoms with Gasteiger partial charge >= 0.3 is 0 Å². The van der Waals surface area contributed by atoms with Crippen LogP contribution >= 0.6 is 0 Å². The zero-order valence-electron chi connectivity index (χ0n) is 15.2. The smallest absolute Gasteiger partial charge is 0.270 e.